The molecule has 3 N–H and O–H groups in total. The zero-order valence-electron chi connectivity index (χ0n) is 18.1. The highest BCUT2D eigenvalue weighted by Crippen LogP contribution is 2.67. The number of carboxylic acid groups (broad SMARTS) is 1. The summed E-state index contributed by atoms with van der Waals surface area (Å²) in [6.45, 7) is 6.54. The molecule has 4 rings (SSSR count). The highest BCUT2D eigenvalue weighted by molar-refractivity contribution is 5.87. The molecule has 29 heavy (non-hydrogen) atoms. The molecule has 0 aliphatic heterocycles. The summed E-state index contributed by atoms with van der Waals surface area (Å²) in [5, 5.41) is 30.5. The van der Waals surface area contributed by atoms with E-state index >= 15 is 0 Å². The van der Waals surface area contributed by atoms with Gasteiger partial charge < -0.3 is 15.3 Å². The summed E-state index contributed by atoms with van der Waals surface area (Å²) in [4.78, 5) is 24.7. The first-order chi connectivity index (χ1) is 13.6. The highest BCUT2D eigenvalue weighted by atomic mass is 16.4. The zero-order valence-corrected chi connectivity index (χ0v) is 18.1. The van der Waals surface area contributed by atoms with Crippen molar-refractivity contribution in [3.63, 3.8) is 0 Å². The third-order valence-corrected chi connectivity index (χ3v) is 10.1. The van der Waals surface area contributed by atoms with Crippen molar-refractivity contribution >= 4 is 11.8 Å². The lowest BCUT2D eigenvalue weighted by molar-refractivity contribution is -0.181. The van der Waals surface area contributed by atoms with Crippen molar-refractivity contribution in [2.24, 2.45) is 46.3 Å². The van der Waals surface area contributed by atoms with E-state index in [1.807, 2.05) is 0 Å². The van der Waals surface area contributed by atoms with Crippen LogP contribution in [0.2, 0.25) is 0 Å². The second-order valence-corrected chi connectivity index (χ2v) is 11.2. The van der Waals surface area contributed by atoms with E-state index in [2.05, 4.69) is 20.8 Å². The van der Waals surface area contributed by atoms with Gasteiger partial charge in [-0.25, -0.2) is 0 Å². The first-order valence-corrected chi connectivity index (χ1v) is 11.7. The number of carbonyl (C=O) groups excluding carboxylic acids is 1. The Balaban J connectivity index is 1.62. The molecular formula is C24H38O5. The molecule has 0 bridgehead atoms. The number of carbonyl (C=O) groups is 2. The maximum absolute atomic E-state index is 13.6. The molecule has 8 unspecified atom stereocenters. The van der Waals surface area contributed by atoms with Gasteiger partial charge in [-0.15, -0.1) is 0 Å². The van der Waals surface area contributed by atoms with Crippen LogP contribution in [0.4, 0.5) is 0 Å². The molecule has 10 atom stereocenters. The van der Waals surface area contributed by atoms with Crippen LogP contribution in [0, 0.1) is 46.3 Å². The number of ketones is 1. The van der Waals surface area contributed by atoms with Gasteiger partial charge in [0.25, 0.3) is 0 Å². The summed E-state index contributed by atoms with van der Waals surface area (Å²) in [5.74, 6) is 0.855. The number of carboxylic acids is 1. The molecule has 0 radical (unpaired) electrons. The summed E-state index contributed by atoms with van der Waals surface area (Å²) in [6, 6.07) is 0. The second-order valence-electron chi connectivity index (χ2n) is 11.2. The van der Waals surface area contributed by atoms with Crippen molar-refractivity contribution in [3.05, 3.63) is 0 Å². The molecule has 0 heterocycles. The van der Waals surface area contributed by atoms with Gasteiger partial charge in [-0.05, 0) is 85.9 Å². The summed E-state index contributed by atoms with van der Waals surface area (Å²) >= 11 is 0. The number of aliphatic hydroxyl groups is 2. The van der Waals surface area contributed by atoms with E-state index in [1.165, 1.54) is 0 Å². The standard InChI is InChI=1S/C24H38O5/c1-13(4-7-21(28)29)16-5-6-17-22-18(12-20(27)24(16,17)3)23(2)9-8-15(25)10-14(23)11-19(22)26/h13-19,22,25-26H,4-12H2,1-3H3,(H,28,29)/t13?,14?,15-,16?,17?,18?,19+,22?,23?,24?/m1/s1. The first-order valence-electron chi connectivity index (χ1n) is 11.7. The Morgan fingerprint density at radius 1 is 1.14 bits per heavy atom. The van der Waals surface area contributed by atoms with E-state index in [4.69, 9.17) is 5.11 Å². The molecule has 4 fully saturated rings. The third kappa shape index (κ3) is 3.18. The van der Waals surface area contributed by atoms with Crippen molar-refractivity contribution in [2.45, 2.75) is 90.8 Å². The molecule has 4 aliphatic carbocycles. The maximum Gasteiger partial charge on any atom is 0.303 e. The summed E-state index contributed by atoms with van der Waals surface area (Å²) in [5.41, 5.74) is -0.398. The number of hydrogen-bond donors (Lipinski definition) is 3. The Morgan fingerprint density at radius 2 is 1.86 bits per heavy atom. The van der Waals surface area contributed by atoms with Gasteiger partial charge in [0.1, 0.15) is 5.78 Å². The minimum atomic E-state index is -0.771. The van der Waals surface area contributed by atoms with Crippen LogP contribution in [0.1, 0.15) is 78.6 Å². The topological polar surface area (TPSA) is 94.8 Å². The molecule has 0 aromatic rings. The lowest BCUT2D eigenvalue weighted by Gasteiger charge is -2.61. The second kappa shape index (κ2) is 7.33. The Morgan fingerprint density at radius 3 is 2.55 bits per heavy atom. The van der Waals surface area contributed by atoms with Crippen LogP contribution in [0.5, 0.6) is 0 Å². The van der Waals surface area contributed by atoms with Crippen molar-refractivity contribution < 1.29 is 24.9 Å². The van der Waals surface area contributed by atoms with Crippen LogP contribution < -0.4 is 0 Å². The normalized spacial score (nSPS) is 50.4. The summed E-state index contributed by atoms with van der Waals surface area (Å²) in [6.07, 6.45) is 5.82. The third-order valence-electron chi connectivity index (χ3n) is 10.1. The van der Waals surface area contributed by atoms with Gasteiger partial charge >= 0.3 is 5.97 Å². The average molecular weight is 407 g/mol. The first kappa shape index (κ1) is 21.3. The van der Waals surface area contributed by atoms with Crippen molar-refractivity contribution in [1.82, 2.24) is 0 Å². The molecule has 164 valence electrons. The number of hydrogen-bond acceptors (Lipinski definition) is 4. The molecule has 0 saturated heterocycles. The molecule has 5 nitrogen and oxygen atoms in total. The van der Waals surface area contributed by atoms with Crippen LogP contribution >= 0.6 is 0 Å². The quantitative estimate of drug-likeness (QED) is 0.662. The van der Waals surface area contributed by atoms with Crippen molar-refractivity contribution in [2.75, 3.05) is 0 Å². The summed E-state index contributed by atoms with van der Waals surface area (Å²) in [7, 11) is 0. The Hall–Kier alpha value is -0.940. The summed E-state index contributed by atoms with van der Waals surface area (Å²) < 4.78 is 0. The fourth-order valence-corrected chi connectivity index (χ4v) is 8.41. The Kier molecular flexibility index (Phi) is 5.39. The maximum atomic E-state index is 13.6. The van der Waals surface area contributed by atoms with Gasteiger partial charge in [-0.3, -0.25) is 9.59 Å². The lowest BCUT2D eigenvalue weighted by Crippen LogP contribution is -2.61. The highest BCUT2D eigenvalue weighted by Gasteiger charge is 2.65. The minimum absolute atomic E-state index is 0.0348. The Labute approximate surface area is 174 Å². The van der Waals surface area contributed by atoms with Gasteiger partial charge in [-0.2, -0.15) is 0 Å². The van der Waals surface area contributed by atoms with Gasteiger partial charge in [0.2, 0.25) is 0 Å². The van der Waals surface area contributed by atoms with E-state index < -0.39 is 17.5 Å². The number of fused-ring (bicyclic) bond motifs is 5. The average Bonchev–Trinajstić information content (AvgIpc) is 3.01. The van der Waals surface area contributed by atoms with Crippen molar-refractivity contribution in [3.8, 4) is 0 Å². The number of rotatable bonds is 4. The monoisotopic (exact) mass is 406 g/mol. The smallest absolute Gasteiger partial charge is 0.303 e. The van der Waals surface area contributed by atoms with E-state index in [0.29, 0.717) is 24.5 Å². The number of aliphatic carboxylic acids is 1. The van der Waals surface area contributed by atoms with E-state index in [1.54, 1.807) is 0 Å². The van der Waals surface area contributed by atoms with Crippen LogP contribution in [0.15, 0.2) is 0 Å². The molecule has 4 saturated carbocycles. The van der Waals surface area contributed by atoms with Gasteiger partial charge in [0.15, 0.2) is 0 Å². The fourth-order valence-electron chi connectivity index (χ4n) is 8.41. The molecular weight excluding hydrogens is 368 g/mol. The van der Waals surface area contributed by atoms with Gasteiger partial charge in [0, 0.05) is 18.3 Å². The van der Waals surface area contributed by atoms with E-state index in [9.17, 15) is 19.8 Å². The number of aliphatic hydroxyl groups excluding tert-OH is 2. The molecule has 0 aromatic carbocycles. The van der Waals surface area contributed by atoms with E-state index in [-0.39, 0.29) is 47.5 Å². The Bertz CT molecular complexity index is 676. The fraction of sp³-hybridized carbons (Fsp3) is 0.917. The van der Waals surface area contributed by atoms with Crippen LogP contribution in [0.25, 0.3) is 0 Å². The van der Waals surface area contributed by atoms with Gasteiger partial charge in [0.05, 0.1) is 12.2 Å². The van der Waals surface area contributed by atoms with Crippen LogP contribution in [0.3, 0.4) is 0 Å². The predicted octanol–water partition coefficient (Wildman–Crippen LogP) is 3.66. The van der Waals surface area contributed by atoms with Gasteiger partial charge in [-0.1, -0.05) is 20.8 Å². The number of Topliss-reactive ketones (excluding diaryl/α,β-unsaturated/α-hetero) is 1. The molecule has 0 aromatic heterocycles. The van der Waals surface area contributed by atoms with Crippen LogP contribution in [-0.2, 0) is 9.59 Å². The van der Waals surface area contributed by atoms with Crippen molar-refractivity contribution in [1.29, 1.82) is 0 Å². The molecule has 5 heteroatoms. The molecule has 0 amide bonds. The lowest BCUT2D eigenvalue weighted by atomic mass is 9.43. The van der Waals surface area contributed by atoms with E-state index in [0.717, 1.165) is 38.5 Å². The van der Waals surface area contributed by atoms with Crippen LogP contribution in [-0.4, -0.2) is 39.3 Å². The molecule has 0 spiro atoms. The molecule has 4 aliphatic rings. The SMILES string of the molecule is CC(CCC(=O)O)C1CCC2C3C(CC(=O)C12C)C1(C)CC[C@@H](O)CC1C[C@@H]3O. The zero-order chi connectivity index (χ0) is 21.1. The minimum Gasteiger partial charge on any atom is -0.481 e. The largest absolute Gasteiger partial charge is 0.481 e. The predicted molar refractivity (Wildman–Crippen MR) is 109 cm³/mol.